The van der Waals surface area contributed by atoms with Gasteiger partial charge in [-0.2, -0.15) is 0 Å². The summed E-state index contributed by atoms with van der Waals surface area (Å²) in [4.78, 5) is 35.2. The van der Waals surface area contributed by atoms with E-state index in [1.807, 2.05) is 5.32 Å². The van der Waals surface area contributed by atoms with Gasteiger partial charge in [-0.15, -0.1) is 0 Å². The van der Waals surface area contributed by atoms with Crippen molar-refractivity contribution < 1.29 is 33.4 Å². The Labute approximate surface area is 175 Å². The fraction of sp³-hybridized carbons (Fsp3) is 0.400. The lowest BCUT2D eigenvalue weighted by molar-refractivity contribution is -0.145. The van der Waals surface area contributed by atoms with Gasteiger partial charge in [0.05, 0.1) is 6.42 Å². The number of carbonyl (C=O) groups excluding carboxylic acids is 1. The predicted molar refractivity (Wildman–Crippen MR) is 107 cm³/mol. The summed E-state index contributed by atoms with van der Waals surface area (Å²) in [5.41, 5.74) is -0.681. The summed E-state index contributed by atoms with van der Waals surface area (Å²) in [5, 5.41) is 19.5. The van der Waals surface area contributed by atoms with Crippen LogP contribution in [0.25, 0.3) is 0 Å². The van der Waals surface area contributed by atoms with Crippen LogP contribution in [0.15, 0.2) is 12.1 Å². The average Bonchev–Trinajstić information content (AvgIpc) is 2.53. The second kappa shape index (κ2) is 10.8. The van der Waals surface area contributed by atoms with Crippen molar-refractivity contribution in [2.75, 3.05) is 26.8 Å². The number of aliphatic carboxylic acids is 2. The van der Waals surface area contributed by atoms with E-state index < -0.39 is 47.5 Å². The highest BCUT2D eigenvalue weighted by Crippen LogP contribution is 2.25. The first kappa shape index (κ1) is 22.8. The number of carboxylic acid groups (broad SMARTS) is 2. The number of carbonyl (C=O) groups is 3. The minimum Gasteiger partial charge on any atom is -0.481 e. The number of anilines is 1. The third-order valence-electron chi connectivity index (χ3n) is 3.29. The molecule has 144 valence electrons. The Kier molecular flexibility index (Phi) is 9.46. The molecule has 26 heavy (non-hydrogen) atoms. The van der Waals surface area contributed by atoms with Gasteiger partial charge >= 0.3 is 11.9 Å². The fourth-order valence-electron chi connectivity index (χ4n) is 2.15. The molecule has 11 heteroatoms. The molecule has 0 saturated heterocycles. The molecule has 7 nitrogen and oxygen atoms in total. The minimum absolute atomic E-state index is 0.254. The first-order chi connectivity index (χ1) is 12.2. The van der Waals surface area contributed by atoms with Gasteiger partial charge in [0, 0.05) is 27.5 Å². The number of halogens is 4. The highest BCUT2D eigenvalue weighted by atomic mass is 127. The molecule has 0 heterocycles. The van der Waals surface area contributed by atoms with E-state index >= 15 is 0 Å². The third-order valence-corrected chi connectivity index (χ3v) is 4.25. The number of hydrogen-bond acceptors (Lipinski definition) is 4. The van der Waals surface area contributed by atoms with Crippen LogP contribution in [0, 0.1) is 11.6 Å². The van der Waals surface area contributed by atoms with Crippen LogP contribution in [0.5, 0.6) is 0 Å². The molecule has 0 bridgehead atoms. The maximum Gasteiger partial charge on any atom is 0.326 e. The molecule has 0 aliphatic carbocycles. The molecular formula is C15H16F2I2N2O5. The number of rotatable bonds is 10. The smallest absolute Gasteiger partial charge is 0.326 e. The molecule has 0 radical (unpaired) electrons. The van der Waals surface area contributed by atoms with Gasteiger partial charge in [0.25, 0.3) is 5.91 Å². The molecule has 1 atom stereocenters. The molecule has 1 rings (SSSR count). The zero-order chi connectivity index (χ0) is 19.9. The van der Waals surface area contributed by atoms with Gasteiger partial charge in [-0.25, -0.2) is 13.6 Å². The van der Waals surface area contributed by atoms with Gasteiger partial charge in [0.1, 0.15) is 23.4 Å². The zero-order valence-electron chi connectivity index (χ0n) is 13.3. The van der Waals surface area contributed by atoms with E-state index in [2.05, 4.69) is 45.2 Å². The summed E-state index contributed by atoms with van der Waals surface area (Å²) >= 11 is 4.16. The Morgan fingerprint density at radius 3 is 1.96 bits per heavy atom. The Morgan fingerprint density at radius 1 is 1.08 bits per heavy atom. The van der Waals surface area contributed by atoms with Crippen LogP contribution in [0.4, 0.5) is 14.5 Å². The van der Waals surface area contributed by atoms with E-state index in [1.165, 1.54) is 4.90 Å². The first-order valence-electron chi connectivity index (χ1n) is 7.32. The molecular weight excluding hydrogens is 580 g/mol. The molecule has 3 N–H and O–H groups in total. The number of benzene rings is 1. The molecule has 0 aliphatic rings. The molecule has 0 saturated carbocycles. The maximum absolute atomic E-state index is 14.4. The average molecular weight is 596 g/mol. The SMILES string of the molecule is O=C(O)CC(NC(=O)c1cc(F)c(N(CCI)CCI)c(F)c1)C(=O)O. The zero-order valence-corrected chi connectivity index (χ0v) is 17.7. The fourth-order valence-corrected chi connectivity index (χ4v) is 3.32. The Bertz CT molecular complexity index is 661. The largest absolute Gasteiger partial charge is 0.481 e. The molecule has 1 aromatic carbocycles. The molecule has 0 fully saturated rings. The van der Waals surface area contributed by atoms with Crippen LogP contribution in [-0.2, 0) is 9.59 Å². The number of hydrogen-bond donors (Lipinski definition) is 3. The molecule has 0 aromatic heterocycles. The summed E-state index contributed by atoms with van der Waals surface area (Å²) < 4.78 is 30.1. The molecule has 0 spiro atoms. The quantitative estimate of drug-likeness (QED) is 0.283. The second-order valence-electron chi connectivity index (χ2n) is 5.12. The standard InChI is InChI=1S/C15H16F2I2N2O5/c16-9-5-8(14(24)20-11(15(25)26)7-12(22)23)6-10(17)13(9)21(3-1-18)4-2-19/h5-6,11H,1-4,7H2,(H,20,24)(H,22,23)(H,25,26). The van der Waals surface area contributed by atoms with Crippen molar-refractivity contribution in [1.29, 1.82) is 0 Å². The predicted octanol–water partition coefficient (Wildman–Crippen LogP) is 2.30. The number of carboxylic acids is 2. The van der Waals surface area contributed by atoms with Crippen molar-refractivity contribution in [3.63, 3.8) is 0 Å². The van der Waals surface area contributed by atoms with Crippen LogP contribution in [-0.4, -0.2) is 56.0 Å². The number of nitrogens with zero attached hydrogens (tertiary/aromatic N) is 1. The Morgan fingerprint density at radius 2 is 1.58 bits per heavy atom. The maximum atomic E-state index is 14.4. The van der Waals surface area contributed by atoms with Gasteiger partial charge in [-0.1, -0.05) is 45.2 Å². The van der Waals surface area contributed by atoms with Crippen LogP contribution in [0.3, 0.4) is 0 Å². The van der Waals surface area contributed by atoms with Crippen molar-refractivity contribution in [2.24, 2.45) is 0 Å². The minimum atomic E-state index is -1.71. The van der Waals surface area contributed by atoms with Crippen LogP contribution >= 0.6 is 45.2 Å². The first-order valence-corrected chi connectivity index (χ1v) is 10.4. The molecule has 1 unspecified atom stereocenters. The van der Waals surface area contributed by atoms with Gasteiger partial charge in [0.2, 0.25) is 0 Å². The summed E-state index contributed by atoms with van der Waals surface area (Å²) in [7, 11) is 0. The van der Waals surface area contributed by atoms with E-state index in [0.29, 0.717) is 21.9 Å². The third kappa shape index (κ3) is 6.48. The van der Waals surface area contributed by atoms with Crippen LogP contribution in [0.2, 0.25) is 0 Å². The molecule has 0 aliphatic heterocycles. The Balaban J connectivity index is 3.10. The number of alkyl halides is 2. The number of amides is 1. The van der Waals surface area contributed by atoms with Gasteiger partial charge < -0.3 is 20.4 Å². The lowest BCUT2D eigenvalue weighted by Crippen LogP contribution is -2.42. The van der Waals surface area contributed by atoms with E-state index in [1.54, 1.807) is 0 Å². The van der Waals surface area contributed by atoms with Gasteiger partial charge in [-0.3, -0.25) is 9.59 Å². The highest BCUT2D eigenvalue weighted by molar-refractivity contribution is 14.1. The lowest BCUT2D eigenvalue weighted by atomic mass is 10.1. The monoisotopic (exact) mass is 596 g/mol. The van der Waals surface area contributed by atoms with Crippen LogP contribution in [0.1, 0.15) is 16.8 Å². The normalized spacial score (nSPS) is 11.7. The summed E-state index contributed by atoms with van der Waals surface area (Å²) in [5.74, 6) is -5.96. The van der Waals surface area contributed by atoms with Crippen LogP contribution < -0.4 is 10.2 Å². The second-order valence-corrected chi connectivity index (χ2v) is 7.27. The summed E-state index contributed by atoms with van der Waals surface area (Å²) in [6.07, 6.45) is -0.858. The van der Waals surface area contributed by atoms with Crippen molar-refractivity contribution in [1.82, 2.24) is 5.32 Å². The summed E-state index contributed by atoms with van der Waals surface area (Å²) in [6.45, 7) is 0.839. The Hall–Kier alpha value is -1.25. The lowest BCUT2D eigenvalue weighted by Gasteiger charge is -2.24. The van der Waals surface area contributed by atoms with Crippen molar-refractivity contribution >= 4 is 68.7 Å². The topological polar surface area (TPSA) is 107 Å². The van der Waals surface area contributed by atoms with Gasteiger partial charge in [0.15, 0.2) is 0 Å². The van der Waals surface area contributed by atoms with E-state index in [9.17, 15) is 23.2 Å². The molecule has 1 aromatic rings. The number of nitrogens with one attached hydrogen (secondary N) is 1. The van der Waals surface area contributed by atoms with E-state index in [-0.39, 0.29) is 5.69 Å². The van der Waals surface area contributed by atoms with E-state index in [4.69, 9.17) is 10.2 Å². The van der Waals surface area contributed by atoms with Crippen molar-refractivity contribution in [3.05, 3.63) is 29.3 Å². The van der Waals surface area contributed by atoms with Gasteiger partial charge in [-0.05, 0) is 12.1 Å². The van der Waals surface area contributed by atoms with Crippen molar-refractivity contribution in [3.8, 4) is 0 Å². The van der Waals surface area contributed by atoms with Crippen molar-refractivity contribution in [2.45, 2.75) is 12.5 Å². The molecule has 1 amide bonds. The summed E-state index contributed by atoms with van der Waals surface area (Å²) in [6, 6.07) is -0.0953. The van der Waals surface area contributed by atoms with E-state index in [0.717, 1.165) is 12.1 Å². The highest BCUT2D eigenvalue weighted by Gasteiger charge is 2.25.